The summed E-state index contributed by atoms with van der Waals surface area (Å²) in [6.45, 7) is 0.412. The second-order valence-electron chi connectivity index (χ2n) is 5.91. The van der Waals surface area contributed by atoms with Crippen LogP contribution in [-0.4, -0.2) is 35.7 Å². The summed E-state index contributed by atoms with van der Waals surface area (Å²) in [6.07, 6.45) is -0.709. The Labute approximate surface area is 149 Å². The number of carbonyl (C=O) groups is 2. The van der Waals surface area contributed by atoms with Gasteiger partial charge < -0.3 is 25.8 Å². The third kappa shape index (κ3) is 4.70. The number of anilines is 1. The van der Waals surface area contributed by atoms with E-state index in [0.717, 1.165) is 0 Å². The van der Waals surface area contributed by atoms with E-state index in [1.54, 1.807) is 24.3 Å². The molecule has 136 valence electrons. The quantitative estimate of drug-likeness (QED) is 0.657. The van der Waals surface area contributed by atoms with Gasteiger partial charge in [0.05, 0.1) is 6.04 Å². The van der Waals surface area contributed by atoms with Gasteiger partial charge in [0.1, 0.15) is 17.3 Å². The van der Waals surface area contributed by atoms with Gasteiger partial charge in [-0.25, -0.2) is 9.18 Å². The smallest absolute Gasteiger partial charge is 0.404 e. The SMILES string of the molecule is O=C(O)N[C@H]1CN[C@H](C(=O)Nc2ccc(Oc3ccc(F)cc3)cc2)C1. The number of carboxylic acid groups (broad SMARTS) is 1. The van der Waals surface area contributed by atoms with E-state index in [2.05, 4.69) is 16.0 Å². The van der Waals surface area contributed by atoms with Gasteiger partial charge in [0.25, 0.3) is 0 Å². The fourth-order valence-corrected chi connectivity index (χ4v) is 2.69. The number of hydrogen-bond donors (Lipinski definition) is 4. The van der Waals surface area contributed by atoms with Crippen LogP contribution in [0.15, 0.2) is 48.5 Å². The molecule has 1 fully saturated rings. The summed E-state index contributed by atoms with van der Waals surface area (Å²) in [4.78, 5) is 22.9. The summed E-state index contributed by atoms with van der Waals surface area (Å²) in [6, 6.07) is 11.7. The molecule has 1 aliphatic heterocycles. The van der Waals surface area contributed by atoms with Gasteiger partial charge in [0, 0.05) is 18.3 Å². The van der Waals surface area contributed by atoms with E-state index < -0.39 is 12.1 Å². The highest BCUT2D eigenvalue weighted by Crippen LogP contribution is 2.23. The van der Waals surface area contributed by atoms with E-state index in [-0.39, 0.29) is 17.8 Å². The van der Waals surface area contributed by atoms with Crippen LogP contribution in [0.4, 0.5) is 14.9 Å². The molecule has 26 heavy (non-hydrogen) atoms. The molecule has 0 spiro atoms. The van der Waals surface area contributed by atoms with Gasteiger partial charge in [0.2, 0.25) is 5.91 Å². The molecule has 4 N–H and O–H groups in total. The lowest BCUT2D eigenvalue weighted by Crippen LogP contribution is -2.35. The van der Waals surface area contributed by atoms with Crippen LogP contribution in [0.25, 0.3) is 0 Å². The van der Waals surface area contributed by atoms with Gasteiger partial charge >= 0.3 is 6.09 Å². The molecule has 1 saturated heterocycles. The summed E-state index contributed by atoms with van der Waals surface area (Å²) in [7, 11) is 0. The van der Waals surface area contributed by atoms with Gasteiger partial charge in [-0.2, -0.15) is 0 Å². The van der Waals surface area contributed by atoms with Crippen molar-refractivity contribution in [2.75, 3.05) is 11.9 Å². The highest BCUT2D eigenvalue weighted by Gasteiger charge is 2.30. The predicted octanol–water partition coefficient (Wildman–Crippen LogP) is 2.55. The number of rotatable bonds is 5. The molecule has 1 aliphatic rings. The minimum absolute atomic E-state index is 0.230. The number of halogens is 1. The lowest BCUT2D eigenvalue weighted by molar-refractivity contribution is -0.117. The molecule has 0 aliphatic carbocycles. The second-order valence-corrected chi connectivity index (χ2v) is 5.91. The zero-order valence-corrected chi connectivity index (χ0v) is 13.7. The topological polar surface area (TPSA) is 99.7 Å². The molecule has 0 unspecified atom stereocenters. The van der Waals surface area contributed by atoms with Gasteiger partial charge in [-0.05, 0) is 55.0 Å². The van der Waals surface area contributed by atoms with E-state index in [9.17, 15) is 14.0 Å². The number of benzene rings is 2. The third-order valence-electron chi connectivity index (χ3n) is 3.95. The molecule has 8 heteroatoms. The van der Waals surface area contributed by atoms with Crippen LogP contribution >= 0.6 is 0 Å². The molecular formula is C18H18FN3O4. The van der Waals surface area contributed by atoms with Crippen molar-refractivity contribution >= 4 is 17.7 Å². The fourth-order valence-electron chi connectivity index (χ4n) is 2.69. The average molecular weight is 359 g/mol. The molecule has 0 radical (unpaired) electrons. The van der Waals surface area contributed by atoms with Gasteiger partial charge in [-0.3, -0.25) is 4.79 Å². The van der Waals surface area contributed by atoms with E-state index in [4.69, 9.17) is 9.84 Å². The monoisotopic (exact) mass is 359 g/mol. The zero-order chi connectivity index (χ0) is 18.5. The summed E-state index contributed by atoms with van der Waals surface area (Å²) in [5.74, 6) is 0.498. The Morgan fingerprint density at radius 3 is 2.31 bits per heavy atom. The molecule has 1 heterocycles. The largest absolute Gasteiger partial charge is 0.465 e. The molecule has 0 bridgehead atoms. The Kier molecular flexibility index (Phi) is 5.33. The molecule has 2 aromatic carbocycles. The number of carbonyl (C=O) groups excluding carboxylic acids is 1. The lowest BCUT2D eigenvalue weighted by atomic mass is 10.1. The van der Waals surface area contributed by atoms with Crippen LogP contribution in [0.2, 0.25) is 0 Å². The maximum Gasteiger partial charge on any atom is 0.404 e. The molecule has 0 saturated carbocycles. The molecule has 2 aromatic rings. The Balaban J connectivity index is 1.53. The van der Waals surface area contributed by atoms with Crippen molar-refractivity contribution in [3.63, 3.8) is 0 Å². The average Bonchev–Trinajstić information content (AvgIpc) is 3.06. The van der Waals surface area contributed by atoms with E-state index in [1.165, 1.54) is 24.3 Å². The van der Waals surface area contributed by atoms with Gasteiger partial charge in [0.15, 0.2) is 0 Å². The maximum atomic E-state index is 12.9. The first-order chi connectivity index (χ1) is 12.5. The molecule has 2 amide bonds. The first-order valence-corrected chi connectivity index (χ1v) is 8.07. The highest BCUT2D eigenvalue weighted by atomic mass is 19.1. The van der Waals surface area contributed by atoms with Crippen LogP contribution in [-0.2, 0) is 4.79 Å². The first kappa shape index (κ1) is 17.7. The van der Waals surface area contributed by atoms with Crippen molar-refractivity contribution in [2.24, 2.45) is 0 Å². The fraction of sp³-hybridized carbons (Fsp3) is 0.222. The summed E-state index contributed by atoms with van der Waals surface area (Å²) < 4.78 is 18.5. The molecule has 0 aromatic heterocycles. The Hall–Kier alpha value is -3.13. The molecular weight excluding hydrogens is 341 g/mol. The Bertz CT molecular complexity index is 780. The summed E-state index contributed by atoms with van der Waals surface area (Å²) in [5.41, 5.74) is 0.595. The maximum absolute atomic E-state index is 12.9. The van der Waals surface area contributed by atoms with E-state index in [1.807, 2.05) is 0 Å². The van der Waals surface area contributed by atoms with Crippen molar-refractivity contribution in [2.45, 2.75) is 18.5 Å². The predicted molar refractivity (Wildman–Crippen MR) is 92.9 cm³/mol. The second kappa shape index (κ2) is 7.83. The van der Waals surface area contributed by atoms with Crippen LogP contribution in [0.1, 0.15) is 6.42 Å². The lowest BCUT2D eigenvalue weighted by Gasteiger charge is -2.12. The van der Waals surface area contributed by atoms with Crippen molar-refractivity contribution in [3.05, 3.63) is 54.3 Å². The van der Waals surface area contributed by atoms with Crippen LogP contribution in [0, 0.1) is 5.82 Å². The van der Waals surface area contributed by atoms with Crippen LogP contribution in [0.3, 0.4) is 0 Å². The van der Waals surface area contributed by atoms with Crippen molar-refractivity contribution in [1.82, 2.24) is 10.6 Å². The summed E-state index contributed by atoms with van der Waals surface area (Å²) >= 11 is 0. The normalized spacial score (nSPS) is 19.0. The van der Waals surface area contributed by atoms with E-state index >= 15 is 0 Å². The zero-order valence-electron chi connectivity index (χ0n) is 13.7. The Morgan fingerprint density at radius 1 is 1.08 bits per heavy atom. The third-order valence-corrected chi connectivity index (χ3v) is 3.95. The highest BCUT2D eigenvalue weighted by molar-refractivity contribution is 5.95. The molecule has 3 rings (SSSR count). The number of hydrogen-bond acceptors (Lipinski definition) is 4. The van der Waals surface area contributed by atoms with Crippen molar-refractivity contribution < 1.29 is 23.8 Å². The van der Waals surface area contributed by atoms with Gasteiger partial charge in [-0.15, -0.1) is 0 Å². The number of nitrogens with one attached hydrogen (secondary N) is 3. The van der Waals surface area contributed by atoms with Crippen LogP contribution in [0.5, 0.6) is 11.5 Å². The standard InChI is InChI=1S/C18H18FN3O4/c19-11-1-5-14(6-2-11)26-15-7-3-12(4-8-15)21-17(23)16-9-13(10-20-16)22-18(24)25/h1-8,13,16,20,22H,9-10H2,(H,21,23)(H,24,25)/t13-,16+/m1/s1. The number of ether oxygens (including phenoxy) is 1. The first-order valence-electron chi connectivity index (χ1n) is 8.07. The molecule has 7 nitrogen and oxygen atoms in total. The summed E-state index contributed by atoms with van der Waals surface area (Å²) in [5, 5.41) is 16.8. The minimum atomic E-state index is -1.10. The Morgan fingerprint density at radius 2 is 1.69 bits per heavy atom. The minimum Gasteiger partial charge on any atom is -0.465 e. The van der Waals surface area contributed by atoms with Crippen molar-refractivity contribution in [1.29, 1.82) is 0 Å². The van der Waals surface area contributed by atoms with Crippen LogP contribution < -0.4 is 20.7 Å². The van der Waals surface area contributed by atoms with Gasteiger partial charge in [-0.1, -0.05) is 0 Å². The van der Waals surface area contributed by atoms with Crippen molar-refractivity contribution in [3.8, 4) is 11.5 Å². The number of amides is 2. The molecule has 2 atom stereocenters. The van der Waals surface area contributed by atoms with E-state index in [0.29, 0.717) is 30.2 Å².